The molecule has 106 valence electrons. The lowest BCUT2D eigenvalue weighted by molar-refractivity contribution is 0.150. The molecule has 18 heavy (non-hydrogen) atoms. The number of likely N-dealkylation sites (tertiary alicyclic amines) is 1. The fourth-order valence-corrected chi connectivity index (χ4v) is 3.64. The Kier molecular flexibility index (Phi) is 5.93. The normalized spacial score (nSPS) is 33.3. The number of ether oxygens (including phenoxy) is 1. The minimum Gasteiger partial charge on any atom is -0.384 e. The van der Waals surface area contributed by atoms with Crippen molar-refractivity contribution in [3.05, 3.63) is 0 Å². The number of hydrogen-bond acceptors (Lipinski definition) is 3. The van der Waals surface area contributed by atoms with Crippen LogP contribution >= 0.6 is 0 Å². The van der Waals surface area contributed by atoms with Gasteiger partial charge in [-0.3, -0.25) is 0 Å². The van der Waals surface area contributed by atoms with E-state index in [0.717, 1.165) is 24.5 Å². The third-order valence-corrected chi connectivity index (χ3v) is 4.58. The first kappa shape index (κ1) is 14.3. The summed E-state index contributed by atoms with van der Waals surface area (Å²) in [5.74, 6) is 1.66. The molecule has 1 saturated heterocycles. The molecule has 0 aromatic heterocycles. The summed E-state index contributed by atoms with van der Waals surface area (Å²) in [5, 5.41) is 3.74. The van der Waals surface area contributed by atoms with Crippen LogP contribution in [0.2, 0.25) is 0 Å². The van der Waals surface area contributed by atoms with Crippen LogP contribution in [-0.4, -0.2) is 50.8 Å². The molecule has 1 aliphatic carbocycles. The molecule has 0 amide bonds. The average molecular weight is 254 g/mol. The van der Waals surface area contributed by atoms with Gasteiger partial charge < -0.3 is 15.0 Å². The van der Waals surface area contributed by atoms with Crippen LogP contribution in [0, 0.1) is 11.8 Å². The molecule has 0 aromatic carbocycles. The third kappa shape index (κ3) is 3.94. The number of nitrogens with one attached hydrogen (secondary N) is 1. The van der Waals surface area contributed by atoms with Gasteiger partial charge in [-0.15, -0.1) is 0 Å². The summed E-state index contributed by atoms with van der Waals surface area (Å²) in [6.45, 7) is 8.23. The fraction of sp³-hybridized carbons (Fsp3) is 1.00. The van der Waals surface area contributed by atoms with Crippen molar-refractivity contribution in [3.8, 4) is 0 Å². The van der Waals surface area contributed by atoms with Crippen molar-refractivity contribution in [2.75, 3.05) is 39.9 Å². The molecular formula is C15H30N2O. The molecule has 1 N–H and O–H groups in total. The average Bonchev–Trinajstić information content (AvgIpc) is 2.98. The van der Waals surface area contributed by atoms with Crippen molar-refractivity contribution >= 4 is 0 Å². The van der Waals surface area contributed by atoms with Gasteiger partial charge in [0.15, 0.2) is 0 Å². The summed E-state index contributed by atoms with van der Waals surface area (Å²) in [4.78, 5) is 2.67. The van der Waals surface area contributed by atoms with E-state index in [-0.39, 0.29) is 0 Å². The Balaban J connectivity index is 1.72. The summed E-state index contributed by atoms with van der Waals surface area (Å²) in [6.07, 6.45) is 6.81. The lowest BCUT2D eigenvalue weighted by Crippen LogP contribution is -2.39. The largest absolute Gasteiger partial charge is 0.384 e. The second kappa shape index (κ2) is 7.46. The summed E-state index contributed by atoms with van der Waals surface area (Å²) in [6, 6.07) is 0.784. The highest BCUT2D eigenvalue weighted by Crippen LogP contribution is 2.28. The highest BCUT2D eigenvalue weighted by atomic mass is 16.5. The van der Waals surface area contributed by atoms with E-state index >= 15 is 0 Å². The molecule has 3 heteroatoms. The Morgan fingerprint density at radius 1 is 1.28 bits per heavy atom. The first-order chi connectivity index (χ1) is 8.83. The van der Waals surface area contributed by atoms with E-state index in [4.69, 9.17) is 4.74 Å². The second-order valence-electron chi connectivity index (χ2n) is 6.12. The molecule has 1 saturated carbocycles. The van der Waals surface area contributed by atoms with Crippen LogP contribution in [0.3, 0.4) is 0 Å². The minimum atomic E-state index is 0.776. The minimum absolute atomic E-state index is 0.776. The van der Waals surface area contributed by atoms with Gasteiger partial charge in [-0.1, -0.05) is 13.3 Å². The van der Waals surface area contributed by atoms with Gasteiger partial charge in [0, 0.05) is 26.2 Å². The van der Waals surface area contributed by atoms with E-state index in [1.807, 2.05) is 7.11 Å². The van der Waals surface area contributed by atoms with E-state index in [9.17, 15) is 0 Å². The molecule has 0 spiro atoms. The van der Waals surface area contributed by atoms with Crippen LogP contribution < -0.4 is 5.32 Å². The van der Waals surface area contributed by atoms with Crippen LogP contribution in [0.5, 0.6) is 0 Å². The van der Waals surface area contributed by atoms with E-state index < -0.39 is 0 Å². The van der Waals surface area contributed by atoms with Crippen LogP contribution in [0.1, 0.15) is 39.0 Å². The molecular weight excluding hydrogens is 224 g/mol. The van der Waals surface area contributed by atoms with Gasteiger partial charge in [0.05, 0.1) is 6.61 Å². The van der Waals surface area contributed by atoms with E-state index in [1.54, 1.807) is 0 Å². The van der Waals surface area contributed by atoms with Crippen LogP contribution in [0.15, 0.2) is 0 Å². The van der Waals surface area contributed by atoms with Crippen LogP contribution in [0.25, 0.3) is 0 Å². The molecule has 0 aromatic rings. The SMILES string of the molecule is CCCNC1CCCC1CN1CCC(COC)C1. The Morgan fingerprint density at radius 2 is 2.17 bits per heavy atom. The summed E-state index contributed by atoms with van der Waals surface area (Å²) < 4.78 is 5.28. The van der Waals surface area contributed by atoms with Gasteiger partial charge in [0.2, 0.25) is 0 Å². The van der Waals surface area contributed by atoms with Gasteiger partial charge in [-0.2, -0.15) is 0 Å². The molecule has 3 nitrogen and oxygen atoms in total. The molecule has 3 unspecified atom stereocenters. The molecule has 3 atom stereocenters. The molecule has 2 rings (SSSR count). The maximum Gasteiger partial charge on any atom is 0.0503 e. The maximum absolute atomic E-state index is 5.28. The fourth-order valence-electron chi connectivity index (χ4n) is 3.64. The van der Waals surface area contributed by atoms with E-state index in [1.165, 1.54) is 58.3 Å². The predicted octanol–water partition coefficient (Wildman–Crippen LogP) is 2.12. The Morgan fingerprint density at radius 3 is 2.94 bits per heavy atom. The van der Waals surface area contributed by atoms with Crippen molar-refractivity contribution in [2.45, 2.75) is 45.1 Å². The summed E-state index contributed by atoms with van der Waals surface area (Å²) >= 11 is 0. The highest BCUT2D eigenvalue weighted by molar-refractivity contribution is 4.87. The molecule has 2 aliphatic rings. The molecule has 0 bridgehead atoms. The monoisotopic (exact) mass is 254 g/mol. The lowest BCUT2D eigenvalue weighted by atomic mass is 10.0. The Hall–Kier alpha value is -0.120. The lowest BCUT2D eigenvalue weighted by Gasteiger charge is -2.26. The van der Waals surface area contributed by atoms with Crippen molar-refractivity contribution in [1.29, 1.82) is 0 Å². The van der Waals surface area contributed by atoms with Gasteiger partial charge in [-0.25, -0.2) is 0 Å². The number of nitrogens with zero attached hydrogens (tertiary/aromatic N) is 1. The van der Waals surface area contributed by atoms with Crippen molar-refractivity contribution in [2.24, 2.45) is 11.8 Å². The van der Waals surface area contributed by atoms with Crippen molar-refractivity contribution in [1.82, 2.24) is 10.2 Å². The number of rotatable bonds is 7. The molecule has 1 heterocycles. The van der Waals surface area contributed by atoms with Crippen LogP contribution in [-0.2, 0) is 4.74 Å². The zero-order chi connectivity index (χ0) is 12.8. The topological polar surface area (TPSA) is 24.5 Å². The summed E-state index contributed by atoms with van der Waals surface area (Å²) in [5.41, 5.74) is 0. The van der Waals surface area contributed by atoms with Gasteiger partial charge in [-0.05, 0) is 50.6 Å². The van der Waals surface area contributed by atoms with Gasteiger partial charge >= 0.3 is 0 Å². The van der Waals surface area contributed by atoms with E-state index in [2.05, 4.69) is 17.1 Å². The third-order valence-electron chi connectivity index (χ3n) is 4.58. The number of hydrogen-bond donors (Lipinski definition) is 1. The number of methoxy groups -OCH3 is 1. The smallest absolute Gasteiger partial charge is 0.0503 e. The first-order valence-electron chi connectivity index (χ1n) is 7.78. The first-order valence-corrected chi connectivity index (χ1v) is 7.78. The zero-order valence-electron chi connectivity index (χ0n) is 12.2. The summed E-state index contributed by atoms with van der Waals surface area (Å²) in [7, 11) is 1.82. The zero-order valence-corrected chi connectivity index (χ0v) is 12.2. The molecule has 0 radical (unpaired) electrons. The quantitative estimate of drug-likeness (QED) is 0.753. The van der Waals surface area contributed by atoms with Crippen molar-refractivity contribution < 1.29 is 4.74 Å². The van der Waals surface area contributed by atoms with E-state index in [0.29, 0.717) is 0 Å². The second-order valence-corrected chi connectivity index (χ2v) is 6.12. The Labute approximate surface area is 112 Å². The predicted molar refractivity (Wildman–Crippen MR) is 75.8 cm³/mol. The van der Waals surface area contributed by atoms with Gasteiger partial charge in [0.1, 0.15) is 0 Å². The Bertz CT molecular complexity index is 235. The maximum atomic E-state index is 5.28. The molecule has 1 aliphatic heterocycles. The molecule has 2 fully saturated rings. The van der Waals surface area contributed by atoms with Crippen molar-refractivity contribution in [3.63, 3.8) is 0 Å². The van der Waals surface area contributed by atoms with Crippen LogP contribution in [0.4, 0.5) is 0 Å². The highest BCUT2D eigenvalue weighted by Gasteiger charge is 2.31. The van der Waals surface area contributed by atoms with Gasteiger partial charge in [0.25, 0.3) is 0 Å². The standard InChI is InChI=1S/C15H30N2O/c1-3-8-16-15-6-4-5-14(15)11-17-9-7-13(10-17)12-18-2/h13-16H,3-12H2,1-2H3.